The zero-order valence-electron chi connectivity index (χ0n) is 9.92. The third kappa shape index (κ3) is 3.32. The fourth-order valence-corrected chi connectivity index (χ4v) is 1.72. The van der Waals surface area contributed by atoms with E-state index in [1.165, 1.54) is 0 Å². The number of benzene rings is 1. The third-order valence-electron chi connectivity index (χ3n) is 2.67. The summed E-state index contributed by atoms with van der Waals surface area (Å²) in [5.41, 5.74) is 1.69. The lowest BCUT2D eigenvalue weighted by molar-refractivity contribution is 0.0893. The number of hydrogen-bond acceptors (Lipinski definition) is 2. The fourth-order valence-electron chi connectivity index (χ4n) is 1.55. The SMILES string of the molecule is COCCC(C)C(=O)c1cc(Cl)ccc1C. The summed E-state index contributed by atoms with van der Waals surface area (Å²) < 4.78 is 4.97. The second-order valence-electron chi connectivity index (χ2n) is 4.01. The van der Waals surface area contributed by atoms with Crippen LogP contribution in [0.2, 0.25) is 5.02 Å². The van der Waals surface area contributed by atoms with Gasteiger partial charge in [0.2, 0.25) is 0 Å². The van der Waals surface area contributed by atoms with E-state index in [9.17, 15) is 4.79 Å². The van der Waals surface area contributed by atoms with E-state index >= 15 is 0 Å². The van der Waals surface area contributed by atoms with Gasteiger partial charge in [0.05, 0.1) is 0 Å². The van der Waals surface area contributed by atoms with E-state index in [2.05, 4.69) is 0 Å². The van der Waals surface area contributed by atoms with E-state index in [0.717, 1.165) is 17.5 Å². The first-order chi connectivity index (χ1) is 7.56. The Morgan fingerprint density at radius 3 is 2.81 bits per heavy atom. The standard InChI is InChI=1S/C13H17ClO2/c1-9-4-5-11(14)8-12(9)13(15)10(2)6-7-16-3/h4-5,8,10H,6-7H2,1-3H3. The molecule has 2 nitrogen and oxygen atoms in total. The molecule has 0 saturated carbocycles. The summed E-state index contributed by atoms with van der Waals surface area (Å²) >= 11 is 5.89. The van der Waals surface area contributed by atoms with Crippen molar-refractivity contribution in [1.29, 1.82) is 0 Å². The van der Waals surface area contributed by atoms with Crippen LogP contribution >= 0.6 is 11.6 Å². The molecule has 0 bridgehead atoms. The summed E-state index contributed by atoms with van der Waals surface area (Å²) in [7, 11) is 1.64. The molecule has 0 aliphatic rings. The predicted octanol–water partition coefficient (Wildman–Crippen LogP) is 3.50. The van der Waals surface area contributed by atoms with Crippen LogP contribution in [0.5, 0.6) is 0 Å². The summed E-state index contributed by atoms with van der Waals surface area (Å²) in [4.78, 5) is 12.1. The molecule has 1 aromatic rings. The number of carbonyl (C=O) groups excluding carboxylic acids is 1. The average molecular weight is 241 g/mol. The van der Waals surface area contributed by atoms with Gasteiger partial charge in [0.15, 0.2) is 5.78 Å². The molecule has 3 heteroatoms. The van der Waals surface area contributed by atoms with Gasteiger partial charge in [0.1, 0.15) is 0 Å². The summed E-state index contributed by atoms with van der Waals surface area (Å²) in [6.07, 6.45) is 0.737. The highest BCUT2D eigenvalue weighted by molar-refractivity contribution is 6.31. The zero-order valence-corrected chi connectivity index (χ0v) is 10.7. The summed E-state index contributed by atoms with van der Waals surface area (Å²) in [5, 5.41) is 0.605. The molecule has 0 fully saturated rings. The van der Waals surface area contributed by atoms with Crippen molar-refractivity contribution in [2.75, 3.05) is 13.7 Å². The van der Waals surface area contributed by atoms with Gasteiger partial charge in [-0.25, -0.2) is 0 Å². The highest BCUT2D eigenvalue weighted by atomic mass is 35.5. The molecule has 0 spiro atoms. The number of aryl methyl sites for hydroxylation is 1. The van der Waals surface area contributed by atoms with Crippen LogP contribution < -0.4 is 0 Å². The van der Waals surface area contributed by atoms with Gasteiger partial charge in [-0.3, -0.25) is 4.79 Å². The first-order valence-electron chi connectivity index (χ1n) is 5.35. The number of Topliss-reactive ketones (excluding diaryl/α,β-unsaturated/α-hetero) is 1. The molecule has 0 aromatic heterocycles. The van der Waals surface area contributed by atoms with Crippen LogP contribution in [0.1, 0.15) is 29.3 Å². The van der Waals surface area contributed by atoms with E-state index in [1.54, 1.807) is 19.2 Å². The maximum absolute atomic E-state index is 12.1. The Balaban J connectivity index is 2.83. The Morgan fingerprint density at radius 1 is 1.50 bits per heavy atom. The Bertz CT molecular complexity index is 374. The van der Waals surface area contributed by atoms with Crippen molar-refractivity contribution in [2.24, 2.45) is 5.92 Å². The normalized spacial score (nSPS) is 12.5. The van der Waals surface area contributed by atoms with Crippen molar-refractivity contribution in [1.82, 2.24) is 0 Å². The molecule has 1 rings (SSSR count). The maximum atomic E-state index is 12.1. The zero-order chi connectivity index (χ0) is 12.1. The van der Waals surface area contributed by atoms with Crippen LogP contribution in [0, 0.1) is 12.8 Å². The molecule has 0 amide bonds. The van der Waals surface area contributed by atoms with Gasteiger partial charge >= 0.3 is 0 Å². The maximum Gasteiger partial charge on any atom is 0.166 e. The first-order valence-corrected chi connectivity index (χ1v) is 5.73. The van der Waals surface area contributed by atoms with Crippen molar-refractivity contribution in [3.63, 3.8) is 0 Å². The van der Waals surface area contributed by atoms with Crippen molar-refractivity contribution >= 4 is 17.4 Å². The van der Waals surface area contributed by atoms with Crippen LogP contribution in [0.25, 0.3) is 0 Å². The lowest BCUT2D eigenvalue weighted by Gasteiger charge is -2.12. The Morgan fingerprint density at radius 2 is 2.19 bits per heavy atom. The second kappa shape index (κ2) is 6.02. The van der Waals surface area contributed by atoms with Gasteiger partial charge in [-0.2, -0.15) is 0 Å². The summed E-state index contributed by atoms with van der Waals surface area (Å²) in [6, 6.07) is 5.41. The summed E-state index contributed by atoms with van der Waals surface area (Å²) in [6.45, 7) is 4.45. The van der Waals surface area contributed by atoms with Crippen LogP contribution in [0.4, 0.5) is 0 Å². The molecule has 1 unspecified atom stereocenters. The first kappa shape index (κ1) is 13.2. The van der Waals surface area contributed by atoms with E-state index in [-0.39, 0.29) is 11.7 Å². The number of carbonyl (C=O) groups is 1. The quantitative estimate of drug-likeness (QED) is 0.737. The van der Waals surface area contributed by atoms with E-state index < -0.39 is 0 Å². The number of halogens is 1. The molecule has 0 N–H and O–H groups in total. The minimum atomic E-state index is -0.0304. The highest BCUT2D eigenvalue weighted by Crippen LogP contribution is 2.20. The molecule has 0 aliphatic carbocycles. The Labute approximate surface area is 102 Å². The highest BCUT2D eigenvalue weighted by Gasteiger charge is 2.17. The topological polar surface area (TPSA) is 26.3 Å². The number of rotatable bonds is 5. The van der Waals surface area contributed by atoms with Crippen LogP contribution in [-0.4, -0.2) is 19.5 Å². The molecule has 16 heavy (non-hydrogen) atoms. The molecule has 0 aliphatic heterocycles. The van der Waals surface area contributed by atoms with E-state index in [1.807, 2.05) is 19.9 Å². The van der Waals surface area contributed by atoms with Gasteiger partial charge in [0.25, 0.3) is 0 Å². The second-order valence-corrected chi connectivity index (χ2v) is 4.44. The minimum Gasteiger partial charge on any atom is -0.385 e. The molecule has 0 heterocycles. The fraction of sp³-hybridized carbons (Fsp3) is 0.462. The molecular weight excluding hydrogens is 224 g/mol. The van der Waals surface area contributed by atoms with E-state index in [0.29, 0.717) is 11.6 Å². The number of ether oxygens (including phenoxy) is 1. The van der Waals surface area contributed by atoms with Gasteiger partial charge in [-0.15, -0.1) is 0 Å². The van der Waals surface area contributed by atoms with Crippen molar-refractivity contribution < 1.29 is 9.53 Å². The molecule has 0 saturated heterocycles. The number of methoxy groups -OCH3 is 1. The lowest BCUT2D eigenvalue weighted by atomic mass is 9.94. The minimum absolute atomic E-state index is 0.0304. The third-order valence-corrected chi connectivity index (χ3v) is 2.90. The number of hydrogen-bond donors (Lipinski definition) is 0. The van der Waals surface area contributed by atoms with Crippen LogP contribution in [-0.2, 0) is 4.74 Å². The Kier molecular flexibility index (Phi) is 4.97. The molecule has 1 aromatic carbocycles. The lowest BCUT2D eigenvalue weighted by Crippen LogP contribution is -2.14. The van der Waals surface area contributed by atoms with Crippen LogP contribution in [0.3, 0.4) is 0 Å². The van der Waals surface area contributed by atoms with Gasteiger partial charge in [0, 0.05) is 30.2 Å². The Hall–Kier alpha value is -0.860. The van der Waals surface area contributed by atoms with Gasteiger partial charge in [-0.05, 0) is 31.0 Å². The number of ketones is 1. The van der Waals surface area contributed by atoms with Crippen molar-refractivity contribution in [3.05, 3.63) is 34.3 Å². The molecule has 0 radical (unpaired) electrons. The van der Waals surface area contributed by atoms with Crippen molar-refractivity contribution in [3.8, 4) is 0 Å². The van der Waals surface area contributed by atoms with Gasteiger partial charge in [-0.1, -0.05) is 24.6 Å². The predicted molar refractivity (Wildman–Crippen MR) is 66.2 cm³/mol. The molecule has 88 valence electrons. The molecular formula is C13H17ClO2. The van der Waals surface area contributed by atoms with Crippen LogP contribution in [0.15, 0.2) is 18.2 Å². The van der Waals surface area contributed by atoms with E-state index in [4.69, 9.17) is 16.3 Å². The molecule has 1 atom stereocenters. The van der Waals surface area contributed by atoms with Gasteiger partial charge < -0.3 is 4.74 Å². The monoisotopic (exact) mass is 240 g/mol. The summed E-state index contributed by atoms with van der Waals surface area (Å²) in [5.74, 6) is 0.106. The smallest absolute Gasteiger partial charge is 0.166 e. The average Bonchev–Trinajstić information content (AvgIpc) is 2.28. The largest absolute Gasteiger partial charge is 0.385 e. The van der Waals surface area contributed by atoms with Crippen molar-refractivity contribution in [2.45, 2.75) is 20.3 Å².